The number of sulfonamides is 1. The fraction of sp³-hybridized carbons (Fsp3) is 0.435. The van der Waals surface area contributed by atoms with Gasteiger partial charge in [-0.1, -0.05) is 6.07 Å². The number of rotatable bonds is 4. The van der Waals surface area contributed by atoms with Crippen molar-refractivity contribution in [1.29, 1.82) is 0 Å². The van der Waals surface area contributed by atoms with E-state index < -0.39 is 45.7 Å². The van der Waals surface area contributed by atoms with Crippen molar-refractivity contribution in [3.8, 4) is 0 Å². The Balaban J connectivity index is 1.57. The zero-order valence-corrected chi connectivity index (χ0v) is 19.0. The smallest absolute Gasteiger partial charge is 0.416 e. The molecule has 0 saturated carbocycles. The molecule has 33 heavy (non-hydrogen) atoms. The Morgan fingerprint density at radius 2 is 1.64 bits per heavy atom. The van der Waals surface area contributed by atoms with Crippen LogP contribution in [0.25, 0.3) is 0 Å². The minimum atomic E-state index is -4.42. The number of benzene rings is 2. The molecule has 10 heteroatoms. The number of piperazine rings is 1. The molecule has 6 nitrogen and oxygen atoms in total. The minimum absolute atomic E-state index is 0.0658. The van der Waals surface area contributed by atoms with Crippen LogP contribution in [-0.2, 0) is 27.4 Å². The lowest BCUT2D eigenvalue weighted by atomic mass is 10.0. The summed E-state index contributed by atoms with van der Waals surface area (Å²) in [5.74, 6) is -1.67. The van der Waals surface area contributed by atoms with Gasteiger partial charge in [-0.2, -0.15) is 17.5 Å². The van der Waals surface area contributed by atoms with Crippen molar-refractivity contribution in [2.24, 2.45) is 0 Å². The largest absolute Gasteiger partial charge is 0.481 e. The van der Waals surface area contributed by atoms with Crippen molar-refractivity contribution in [2.45, 2.75) is 55.8 Å². The number of halogens is 3. The maximum Gasteiger partial charge on any atom is 0.416 e. The first-order chi connectivity index (χ1) is 15.4. The monoisotopic (exact) mass is 482 g/mol. The summed E-state index contributed by atoms with van der Waals surface area (Å²) >= 11 is 0. The standard InChI is InChI=1S/C23H25F3N2O4S/c1-14-12-27(18-7-5-17(6-8-18)23(24,25)26)13-15(2)28(14)33(31,32)19-9-3-16-4-10-20(22(29)30)21(16)11-19/h3,5-9,11,14-15,20H,4,10,12-13H2,1-2H3,(H,29,30)/t14-,15+,20?. The number of hydrogen-bond donors (Lipinski definition) is 1. The Labute approximate surface area is 190 Å². The molecule has 1 heterocycles. The number of carboxylic acid groups (broad SMARTS) is 1. The van der Waals surface area contributed by atoms with Gasteiger partial charge in [-0.05, 0) is 74.2 Å². The number of aliphatic carboxylic acids is 1. The lowest BCUT2D eigenvalue weighted by Gasteiger charge is -2.44. The lowest BCUT2D eigenvalue weighted by Crippen LogP contribution is -2.58. The highest BCUT2D eigenvalue weighted by atomic mass is 32.2. The van der Waals surface area contributed by atoms with Crippen LogP contribution in [0.4, 0.5) is 18.9 Å². The van der Waals surface area contributed by atoms with Crippen molar-refractivity contribution in [2.75, 3.05) is 18.0 Å². The topological polar surface area (TPSA) is 77.9 Å². The number of carboxylic acids is 1. The van der Waals surface area contributed by atoms with E-state index in [1.54, 1.807) is 19.9 Å². The van der Waals surface area contributed by atoms with E-state index in [2.05, 4.69) is 0 Å². The molecule has 4 rings (SSSR count). The van der Waals surface area contributed by atoms with E-state index in [1.807, 2.05) is 4.90 Å². The van der Waals surface area contributed by atoms with E-state index in [1.165, 1.54) is 28.6 Å². The molecule has 0 aromatic heterocycles. The van der Waals surface area contributed by atoms with Gasteiger partial charge in [0.1, 0.15) is 0 Å². The summed E-state index contributed by atoms with van der Waals surface area (Å²) in [6.07, 6.45) is -3.36. The van der Waals surface area contributed by atoms with Crippen molar-refractivity contribution in [1.82, 2.24) is 4.31 Å². The zero-order valence-electron chi connectivity index (χ0n) is 18.2. The Morgan fingerprint density at radius 1 is 1.03 bits per heavy atom. The number of aryl methyl sites for hydroxylation is 1. The van der Waals surface area contributed by atoms with Gasteiger partial charge in [-0.25, -0.2) is 8.42 Å². The van der Waals surface area contributed by atoms with Crippen molar-refractivity contribution in [3.05, 3.63) is 59.2 Å². The minimum Gasteiger partial charge on any atom is -0.481 e. The normalized spacial score (nSPS) is 24.0. The molecule has 1 fully saturated rings. The number of carbonyl (C=O) groups is 1. The van der Waals surface area contributed by atoms with Crippen LogP contribution < -0.4 is 4.90 Å². The summed E-state index contributed by atoms with van der Waals surface area (Å²) in [4.78, 5) is 13.5. The molecular weight excluding hydrogens is 457 g/mol. The van der Waals surface area contributed by atoms with Crippen LogP contribution in [0.2, 0.25) is 0 Å². The van der Waals surface area contributed by atoms with Gasteiger partial charge in [0, 0.05) is 30.9 Å². The van der Waals surface area contributed by atoms with Gasteiger partial charge in [0.05, 0.1) is 16.4 Å². The van der Waals surface area contributed by atoms with Gasteiger partial charge in [0.25, 0.3) is 0 Å². The number of hydrogen-bond acceptors (Lipinski definition) is 4. The van der Waals surface area contributed by atoms with Crippen LogP contribution in [0.1, 0.15) is 42.9 Å². The summed E-state index contributed by atoms with van der Waals surface area (Å²) in [6.45, 7) is 4.16. The number of anilines is 1. The lowest BCUT2D eigenvalue weighted by molar-refractivity contribution is -0.139. The van der Waals surface area contributed by atoms with Crippen LogP contribution >= 0.6 is 0 Å². The molecule has 0 bridgehead atoms. The van der Waals surface area contributed by atoms with E-state index >= 15 is 0 Å². The Bertz CT molecular complexity index is 1150. The number of nitrogens with zero attached hydrogens (tertiary/aromatic N) is 2. The molecule has 0 spiro atoms. The molecule has 1 aliphatic heterocycles. The number of fused-ring (bicyclic) bond motifs is 1. The quantitative estimate of drug-likeness (QED) is 0.710. The molecule has 1 aliphatic carbocycles. The highest BCUT2D eigenvalue weighted by molar-refractivity contribution is 7.89. The highest BCUT2D eigenvalue weighted by Gasteiger charge is 2.40. The fourth-order valence-electron chi connectivity index (χ4n) is 4.97. The van der Waals surface area contributed by atoms with Crippen molar-refractivity contribution in [3.63, 3.8) is 0 Å². The second-order valence-corrected chi connectivity index (χ2v) is 10.6. The molecule has 2 aromatic rings. The maximum absolute atomic E-state index is 13.5. The average molecular weight is 483 g/mol. The van der Waals surface area contributed by atoms with Gasteiger partial charge in [0.15, 0.2) is 0 Å². The predicted octanol–water partition coefficient (Wildman–Crippen LogP) is 4.11. The van der Waals surface area contributed by atoms with E-state index in [0.717, 1.165) is 17.7 Å². The van der Waals surface area contributed by atoms with Crippen LogP contribution in [0.15, 0.2) is 47.4 Å². The molecule has 0 radical (unpaired) electrons. The molecule has 1 unspecified atom stereocenters. The summed E-state index contributed by atoms with van der Waals surface area (Å²) in [6, 6.07) is 8.68. The van der Waals surface area contributed by atoms with E-state index in [4.69, 9.17) is 0 Å². The third-order valence-electron chi connectivity index (χ3n) is 6.47. The molecule has 2 aliphatic rings. The Kier molecular flexibility index (Phi) is 5.94. The first kappa shape index (κ1) is 23.6. The van der Waals surface area contributed by atoms with Crippen LogP contribution in [0.3, 0.4) is 0 Å². The maximum atomic E-state index is 13.5. The van der Waals surface area contributed by atoms with Crippen LogP contribution in [0, 0.1) is 0 Å². The van der Waals surface area contributed by atoms with E-state index in [-0.39, 0.29) is 4.90 Å². The molecular formula is C23H25F3N2O4S. The number of alkyl halides is 3. The van der Waals surface area contributed by atoms with Crippen LogP contribution in [0.5, 0.6) is 0 Å². The molecule has 1 saturated heterocycles. The molecule has 1 N–H and O–H groups in total. The van der Waals surface area contributed by atoms with Gasteiger partial charge in [0.2, 0.25) is 10.0 Å². The average Bonchev–Trinajstić information content (AvgIpc) is 3.16. The predicted molar refractivity (Wildman–Crippen MR) is 117 cm³/mol. The SMILES string of the molecule is C[C@@H]1CN(c2ccc(C(F)(F)F)cc2)C[C@H](C)N1S(=O)(=O)c1ccc2c(c1)C(C(=O)O)CC2. The fourth-order valence-corrected chi connectivity index (χ4v) is 6.81. The molecule has 178 valence electrons. The van der Waals surface area contributed by atoms with E-state index in [9.17, 15) is 31.5 Å². The van der Waals surface area contributed by atoms with Crippen molar-refractivity contribution >= 4 is 21.7 Å². The molecule has 2 aromatic carbocycles. The second kappa shape index (κ2) is 8.32. The highest BCUT2D eigenvalue weighted by Crippen LogP contribution is 2.37. The first-order valence-corrected chi connectivity index (χ1v) is 12.1. The summed E-state index contributed by atoms with van der Waals surface area (Å²) in [5.41, 5.74) is 1.27. The Hall–Kier alpha value is -2.59. The summed E-state index contributed by atoms with van der Waals surface area (Å²) in [7, 11) is -3.90. The second-order valence-electron chi connectivity index (χ2n) is 8.77. The van der Waals surface area contributed by atoms with E-state index in [0.29, 0.717) is 37.2 Å². The molecule has 3 atom stereocenters. The summed E-state index contributed by atoms with van der Waals surface area (Å²) < 4.78 is 67.0. The summed E-state index contributed by atoms with van der Waals surface area (Å²) in [5, 5.41) is 9.46. The third-order valence-corrected chi connectivity index (χ3v) is 8.59. The molecule has 0 amide bonds. The Morgan fingerprint density at radius 3 is 2.18 bits per heavy atom. The van der Waals surface area contributed by atoms with Gasteiger partial charge in [-0.15, -0.1) is 0 Å². The van der Waals surface area contributed by atoms with Crippen LogP contribution in [-0.4, -0.2) is 49.0 Å². The zero-order chi connectivity index (χ0) is 24.1. The third kappa shape index (κ3) is 4.33. The first-order valence-electron chi connectivity index (χ1n) is 10.7. The van der Waals surface area contributed by atoms with Gasteiger partial charge < -0.3 is 10.0 Å². The van der Waals surface area contributed by atoms with Gasteiger partial charge in [-0.3, -0.25) is 4.79 Å². The van der Waals surface area contributed by atoms with Crippen molar-refractivity contribution < 1.29 is 31.5 Å². The van der Waals surface area contributed by atoms with Gasteiger partial charge >= 0.3 is 12.1 Å².